The van der Waals surface area contributed by atoms with E-state index in [1.165, 1.54) is 18.2 Å². The first-order valence-electron chi connectivity index (χ1n) is 5.23. The molecule has 106 valence electrons. The Hall–Kier alpha value is -1.18. The molecular weight excluding hydrogens is 376 g/mol. The lowest BCUT2D eigenvalue weighted by molar-refractivity contribution is 0.592. The van der Waals surface area contributed by atoms with Gasteiger partial charge in [-0.15, -0.1) is 0 Å². The van der Waals surface area contributed by atoms with E-state index in [-0.39, 0.29) is 14.4 Å². The minimum Gasteiger partial charge on any atom is -0.276 e. The van der Waals surface area contributed by atoms with Crippen molar-refractivity contribution in [3.63, 3.8) is 0 Å². The van der Waals surface area contributed by atoms with Crippen molar-refractivity contribution in [2.45, 2.75) is 4.90 Å². The number of hydrogen-bond donors (Lipinski definition) is 1. The van der Waals surface area contributed by atoms with Gasteiger partial charge in [0.2, 0.25) is 0 Å². The van der Waals surface area contributed by atoms with Crippen molar-refractivity contribution in [2.24, 2.45) is 0 Å². The third-order valence-electron chi connectivity index (χ3n) is 2.38. The van der Waals surface area contributed by atoms with E-state index < -0.39 is 27.3 Å². The Morgan fingerprint density at radius 2 is 1.75 bits per heavy atom. The number of anilines is 1. The maximum Gasteiger partial charge on any atom is 0.263 e. The third kappa shape index (κ3) is 3.11. The predicted molar refractivity (Wildman–Crippen MR) is 76.3 cm³/mol. The number of nitrogens with one attached hydrogen (secondary N) is 1. The molecule has 0 aliphatic carbocycles. The van der Waals surface area contributed by atoms with Crippen LogP contribution in [0.2, 0.25) is 5.02 Å². The first-order chi connectivity index (χ1) is 9.31. The molecule has 0 heterocycles. The lowest BCUT2D eigenvalue weighted by atomic mass is 10.3. The molecule has 1 N–H and O–H groups in total. The molecule has 3 nitrogen and oxygen atoms in total. The normalized spacial score (nSPS) is 11.4. The summed E-state index contributed by atoms with van der Waals surface area (Å²) in [5, 5.41) is -0.0157. The third-order valence-corrected chi connectivity index (χ3v) is 4.85. The number of sulfonamides is 1. The zero-order chi connectivity index (χ0) is 14.9. The van der Waals surface area contributed by atoms with Crippen LogP contribution in [0.4, 0.5) is 14.5 Å². The summed E-state index contributed by atoms with van der Waals surface area (Å²) in [5.41, 5.74) is -0.495. The molecule has 0 aliphatic heterocycles. The molecule has 20 heavy (non-hydrogen) atoms. The Labute approximate surface area is 127 Å². The van der Waals surface area contributed by atoms with Gasteiger partial charge in [0.1, 0.15) is 16.5 Å². The average Bonchev–Trinajstić information content (AvgIpc) is 2.36. The summed E-state index contributed by atoms with van der Waals surface area (Å²) in [5.74, 6) is -1.70. The molecule has 0 bridgehead atoms. The number of hydrogen-bond acceptors (Lipinski definition) is 2. The molecule has 0 saturated heterocycles. The second-order valence-corrected chi connectivity index (χ2v) is 6.69. The van der Waals surface area contributed by atoms with Crippen molar-refractivity contribution >= 4 is 43.2 Å². The van der Waals surface area contributed by atoms with Gasteiger partial charge in [0, 0.05) is 6.07 Å². The van der Waals surface area contributed by atoms with Crippen molar-refractivity contribution in [1.29, 1.82) is 0 Å². The van der Waals surface area contributed by atoms with Gasteiger partial charge in [0.05, 0.1) is 15.2 Å². The van der Waals surface area contributed by atoms with Crippen molar-refractivity contribution in [3.05, 3.63) is 57.5 Å². The van der Waals surface area contributed by atoms with Crippen LogP contribution in [0.1, 0.15) is 0 Å². The fourth-order valence-corrected chi connectivity index (χ4v) is 3.36. The lowest BCUT2D eigenvalue weighted by Gasteiger charge is -2.10. The molecule has 2 aromatic rings. The quantitative estimate of drug-likeness (QED) is 0.810. The van der Waals surface area contributed by atoms with Crippen LogP contribution in [0, 0.1) is 11.6 Å². The van der Waals surface area contributed by atoms with Crippen molar-refractivity contribution in [3.8, 4) is 0 Å². The molecular formula is C12H7BrClF2NO2S. The van der Waals surface area contributed by atoms with Crippen LogP contribution < -0.4 is 4.72 Å². The van der Waals surface area contributed by atoms with Crippen LogP contribution in [0.5, 0.6) is 0 Å². The molecule has 2 aromatic carbocycles. The molecule has 0 spiro atoms. The average molecular weight is 383 g/mol. The van der Waals surface area contributed by atoms with Gasteiger partial charge < -0.3 is 0 Å². The fourth-order valence-electron chi connectivity index (χ4n) is 1.46. The van der Waals surface area contributed by atoms with E-state index in [0.717, 1.165) is 12.1 Å². The Morgan fingerprint density at radius 3 is 2.40 bits per heavy atom. The minimum absolute atomic E-state index is 0.0157. The summed E-state index contributed by atoms with van der Waals surface area (Å²) in [6.45, 7) is 0. The molecule has 0 radical (unpaired) electrons. The fraction of sp³-hybridized carbons (Fsp3) is 0. The van der Waals surface area contributed by atoms with Gasteiger partial charge in [-0.3, -0.25) is 4.72 Å². The Balaban J connectivity index is 2.44. The van der Waals surface area contributed by atoms with E-state index in [4.69, 9.17) is 11.6 Å². The van der Waals surface area contributed by atoms with Crippen LogP contribution >= 0.6 is 27.5 Å². The van der Waals surface area contributed by atoms with E-state index in [2.05, 4.69) is 15.9 Å². The van der Waals surface area contributed by atoms with E-state index in [1.54, 1.807) is 6.07 Å². The summed E-state index contributed by atoms with van der Waals surface area (Å²) in [6.07, 6.45) is 0. The molecule has 0 aliphatic rings. The number of halogens is 4. The monoisotopic (exact) mass is 381 g/mol. The van der Waals surface area contributed by atoms with Crippen LogP contribution in [0.15, 0.2) is 45.8 Å². The number of benzene rings is 2. The summed E-state index contributed by atoms with van der Waals surface area (Å²) in [6, 6.07) is 7.25. The zero-order valence-corrected chi connectivity index (χ0v) is 12.9. The Morgan fingerprint density at radius 1 is 1.10 bits per heavy atom. The standard InChI is InChI=1S/C12H7BrClF2NO2S/c13-7-5-10(16)11(6-9(7)15)17-20(18,19)12-4-2-1-3-8(12)14/h1-6,17H. The summed E-state index contributed by atoms with van der Waals surface area (Å²) in [7, 11) is -4.10. The minimum atomic E-state index is -4.10. The highest BCUT2D eigenvalue weighted by Gasteiger charge is 2.20. The van der Waals surface area contributed by atoms with E-state index in [9.17, 15) is 17.2 Å². The first-order valence-corrected chi connectivity index (χ1v) is 7.88. The van der Waals surface area contributed by atoms with Gasteiger partial charge >= 0.3 is 0 Å². The number of rotatable bonds is 3. The summed E-state index contributed by atoms with van der Waals surface area (Å²) >= 11 is 8.58. The van der Waals surface area contributed by atoms with Gasteiger partial charge in [0.15, 0.2) is 0 Å². The van der Waals surface area contributed by atoms with Gasteiger partial charge in [-0.1, -0.05) is 23.7 Å². The molecule has 0 atom stereocenters. The van der Waals surface area contributed by atoms with Crippen LogP contribution in [-0.2, 0) is 10.0 Å². The highest BCUT2D eigenvalue weighted by atomic mass is 79.9. The SMILES string of the molecule is O=S(=O)(Nc1cc(F)c(Br)cc1F)c1ccccc1Cl. The maximum absolute atomic E-state index is 13.6. The zero-order valence-electron chi connectivity index (χ0n) is 9.70. The highest BCUT2D eigenvalue weighted by Crippen LogP contribution is 2.27. The van der Waals surface area contributed by atoms with Gasteiger partial charge in [-0.05, 0) is 34.1 Å². The molecule has 0 unspecified atom stereocenters. The van der Waals surface area contributed by atoms with Crippen molar-refractivity contribution in [2.75, 3.05) is 4.72 Å². The Bertz CT molecular complexity index is 768. The van der Waals surface area contributed by atoms with Gasteiger partial charge in [-0.2, -0.15) is 0 Å². The molecule has 8 heteroatoms. The Kier molecular flexibility index (Phi) is 4.31. The summed E-state index contributed by atoms with van der Waals surface area (Å²) in [4.78, 5) is -0.218. The van der Waals surface area contributed by atoms with Crippen molar-refractivity contribution in [1.82, 2.24) is 0 Å². The smallest absolute Gasteiger partial charge is 0.263 e. The maximum atomic E-state index is 13.6. The highest BCUT2D eigenvalue weighted by molar-refractivity contribution is 9.10. The molecule has 0 amide bonds. The van der Waals surface area contributed by atoms with E-state index in [0.29, 0.717) is 0 Å². The molecule has 0 saturated carbocycles. The van der Waals surface area contributed by atoms with Crippen LogP contribution in [0.25, 0.3) is 0 Å². The molecule has 2 rings (SSSR count). The van der Waals surface area contributed by atoms with Crippen LogP contribution in [0.3, 0.4) is 0 Å². The van der Waals surface area contributed by atoms with E-state index in [1.807, 2.05) is 4.72 Å². The lowest BCUT2D eigenvalue weighted by Crippen LogP contribution is -2.14. The topological polar surface area (TPSA) is 46.2 Å². The largest absolute Gasteiger partial charge is 0.276 e. The predicted octanol–water partition coefficient (Wildman–Crippen LogP) is 4.18. The van der Waals surface area contributed by atoms with E-state index >= 15 is 0 Å². The van der Waals surface area contributed by atoms with Crippen LogP contribution in [-0.4, -0.2) is 8.42 Å². The van der Waals surface area contributed by atoms with Gasteiger partial charge in [-0.25, -0.2) is 17.2 Å². The second-order valence-electron chi connectivity index (χ2n) is 3.78. The second kappa shape index (κ2) is 5.67. The summed E-state index contributed by atoms with van der Waals surface area (Å²) < 4.78 is 53.0. The van der Waals surface area contributed by atoms with Crippen molar-refractivity contribution < 1.29 is 17.2 Å². The van der Waals surface area contributed by atoms with Gasteiger partial charge in [0.25, 0.3) is 10.0 Å². The molecule has 0 aromatic heterocycles. The molecule has 0 fully saturated rings. The first kappa shape index (κ1) is 15.2.